The number of benzene rings is 4. The van der Waals surface area contributed by atoms with Crippen molar-refractivity contribution in [1.82, 2.24) is 4.90 Å². The number of fused-ring (bicyclic) bond motifs is 1. The number of non-ortho nitro benzene ring substituents is 1. The van der Waals surface area contributed by atoms with E-state index in [4.69, 9.17) is 14.6 Å². The van der Waals surface area contributed by atoms with Crippen LogP contribution in [0.25, 0.3) is 0 Å². The van der Waals surface area contributed by atoms with E-state index >= 15 is 0 Å². The molecule has 5 rings (SSSR count). The van der Waals surface area contributed by atoms with Crippen LogP contribution in [0.2, 0.25) is 0 Å². The molecular weight excluding hydrogens is 648 g/mol. The number of ether oxygens (including phenoxy) is 3. The molecule has 1 amide bonds. The zero-order valence-corrected chi connectivity index (χ0v) is 25.6. The van der Waals surface area contributed by atoms with Gasteiger partial charge in [0.1, 0.15) is 0 Å². The standard InChI is InChI=1S/C33H26N2O12S/c36-30(25-16-28(46-32(39)40)29(47-33(41)42)17-27(25)45-31(37)38)34(26-10-4-7-20-6-1-2-9-24(20)26)18-19-5-3-8-23(15-19)48-22-13-11-21(12-14-22)35(43)44/h1-3,5-6,8-9,11-17,26H,4,7,10,18H2,(H,37,38)(H,39,40)(H,41,42)/t26-/m0/s1. The number of amides is 1. The molecular formula is C33H26N2O12S. The first-order valence-electron chi connectivity index (χ1n) is 14.3. The summed E-state index contributed by atoms with van der Waals surface area (Å²) in [5.41, 5.74) is 2.14. The van der Waals surface area contributed by atoms with E-state index in [-0.39, 0.29) is 12.2 Å². The summed E-state index contributed by atoms with van der Waals surface area (Å²) in [5.74, 6) is -2.73. The molecule has 48 heavy (non-hydrogen) atoms. The topological polar surface area (TPSA) is 203 Å². The number of rotatable bonds is 10. The summed E-state index contributed by atoms with van der Waals surface area (Å²) in [7, 11) is 0. The molecule has 0 unspecified atom stereocenters. The number of carbonyl (C=O) groups is 4. The summed E-state index contributed by atoms with van der Waals surface area (Å²) >= 11 is 1.36. The van der Waals surface area contributed by atoms with Crippen LogP contribution in [0.1, 0.15) is 45.9 Å². The predicted octanol–water partition coefficient (Wildman–Crippen LogP) is 7.64. The third-order valence-electron chi connectivity index (χ3n) is 7.38. The first-order valence-corrected chi connectivity index (χ1v) is 15.1. The molecule has 1 atom stereocenters. The lowest BCUT2D eigenvalue weighted by Crippen LogP contribution is -2.36. The Kier molecular flexibility index (Phi) is 10.1. The average molecular weight is 675 g/mol. The molecule has 0 saturated heterocycles. The van der Waals surface area contributed by atoms with Crippen LogP contribution in [0, 0.1) is 10.1 Å². The van der Waals surface area contributed by atoms with E-state index in [9.17, 15) is 39.5 Å². The predicted molar refractivity (Wildman–Crippen MR) is 168 cm³/mol. The number of hydrogen-bond acceptors (Lipinski definition) is 10. The second-order valence-corrected chi connectivity index (χ2v) is 11.6. The fourth-order valence-electron chi connectivity index (χ4n) is 5.44. The number of aryl methyl sites for hydroxylation is 1. The molecule has 0 fully saturated rings. The van der Waals surface area contributed by atoms with Gasteiger partial charge in [-0.25, -0.2) is 14.4 Å². The quantitative estimate of drug-likeness (QED) is 0.0641. The molecule has 0 saturated carbocycles. The van der Waals surface area contributed by atoms with Gasteiger partial charge in [0.2, 0.25) is 0 Å². The van der Waals surface area contributed by atoms with Crippen molar-refractivity contribution in [2.24, 2.45) is 0 Å². The Morgan fingerprint density at radius 3 is 2.10 bits per heavy atom. The van der Waals surface area contributed by atoms with Crippen LogP contribution < -0.4 is 14.2 Å². The molecule has 0 radical (unpaired) electrons. The highest BCUT2D eigenvalue weighted by atomic mass is 32.2. The third kappa shape index (κ3) is 8.00. The summed E-state index contributed by atoms with van der Waals surface area (Å²) in [6, 6.07) is 22.1. The smallest absolute Gasteiger partial charge is 0.449 e. The van der Waals surface area contributed by atoms with Crippen LogP contribution in [0.4, 0.5) is 20.1 Å². The van der Waals surface area contributed by atoms with Gasteiger partial charge >= 0.3 is 18.5 Å². The summed E-state index contributed by atoms with van der Waals surface area (Å²) < 4.78 is 14.2. The van der Waals surface area contributed by atoms with Gasteiger partial charge in [0, 0.05) is 40.6 Å². The van der Waals surface area contributed by atoms with Gasteiger partial charge in [-0.05, 0) is 60.2 Å². The maximum absolute atomic E-state index is 14.5. The molecule has 0 aromatic heterocycles. The number of carbonyl (C=O) groups excluding carboxylic acids is 1. The molecule has 4 aromatic carbocycles. The van der Waals surface area contributed by atoms with Gasteiger partial charge in [-0.3, -0.25) is 14.9 Å². The van der Waals surface area contributed by atoms with E-state index in [1.54, 1.807) is 24.3 Å². The Morgan fingerprint density at radius 2 is 1.44 bits per heavy atom. The second kappa shape index (κ2) is 14.6. The molecule has 0 spiro atoms. The van der Waals surface area contributed by atoms with Gasteiger partial charge in [0.05, 0.1) is 16.5 Å². The fourth-order valence-corrected chi connectivity index (χ4v) is 6.34. The normalized spacial score (nSPS) is 13.5. The fraction of sp³-hybridized carbons (Fsp3) is 0.152. The average Bonchev–Trinajstić information content (AvgIpc) is 3.04. The molecule has 4 aromatic rings. The van der Waals surface area contributed by atoms with Crippen molar-refractivity contribution in [3.05, 3.63) is 117 Å². The highest BCUT2D eigenvalue weighted by molar-refractivity contribution is 7.99. The summed E-state index contributed by atoms with van der Waals surface area (Å²) in [6.45, 7) is 0.0154. The molecule has 14 nitrogen and oxygen atoms in total. The van der Waals surface area contributed by atoms with Gasteiger partial charge in [0.15, 0.2) is 17.2 Å². The lowest BCUT2D eigenvalue weighted by molar-refractivity contribution is -0.384. The summed E-state index contributed by atoms with van der Waals surface area (Å²) in [4.78, 5) is 62.5. The largest absolute Gasteiger partial charge is 0.511 e. The minimum Gasteiger partial charge on any atom is -0.449 e. The van der Waals surface area contributed by atoms with Crippen LogP contribution in [-0.2, 0) is 13.0 Å². The first-order chi connectivity index (χ1) is 23.0. The van der Waals surface area contributed by atoms with Gasteiger partial charge in [0.25, 0.3) is 11.6 Å². The van der Waals surface area contributed by atoms with Gasteiger partial charge in [-0.2, -0.15) is 0 Å². The van der Waals surface area contributed by atoms with Crippen molar-refractivity contribution >= 4 is 41.8 Å². The molecule has 246 valence electrons. The third-order valence-corrected chi connectivity index (χ3v) is 8.38. The molecule has 0 aliphatic heterocycles. The van der Waals surface area contributed by atoms with Crippen LogP contribution in [0.5, 0.6) is 17.2 Å². The van der Waals surface area contributed by atoms with E-state index in [0.29, 0.717) is 12.0 Å². The minimum absolute atomic E-state index is 0.0154. The van der Waals surface area contributed by atoms with E-state index < -0.39 is 58.2 Å². The highest BCUT2D eigenvalue weighted by Gasteiger charge is 2.33. The molecule has 3 N–H and O–H groups in total. The van der Waals surface area contributed by atoms with Crippen LogP contribution in [0.15, 0.2) is 94.7 Å². The van der Waals surface area contributed by atoms with Crippen molar-refractivity contribution in [2.45, 2.75) is 41.6 Å². The van der Waals surface area contributed by atoms with Crippen molar-refractivity contribution < 1.29 is 53.6 Å². The zero-order valence-electron chi connectivity index (χ0n) is 24.8. The minimum atomic E-state index is -1.85. The number of hydrogen-bond donors (Lipinski definition) is 3. The van der Waals surface area contributed by atoms with Gasteiger partial charge in [-0.15, -0.1) is 0 Å². The van der Waals surface area contributed by atoms with Crippen molar-refractivity contribution in [2.75, 3.05) is 0 Å². The molecule has 0 bridgehead atoms. The lowest BCUT2D eigenvalue weighted by atomic mass is 9.86. The molecule has 1 aliphatic rings. The van der Waals surface area contributed by atoms with E-state index in [1.165, 1.54) is 28.8 Å². The number of nitro groups is 1. The zero-order chi connectivity index (χ0) is 34.4. The molecule has 15 heteroatoms. The van der Waals surface area contributed by atoms with E-state index in [2.05, 4.69) is 4.74 Å². The Labute approximate surface area is 276 Å². The first kappa shape index (κ1) is 33.3. The SMILES string of the molecule is O=C(O)Oc1cc(OC(=O)O)c(C(=O)N(Cc2cccc(Sc3ccc([N+](=O)[O-])cc3)c2)[C@H]2CCCc3ccccc32)cc1OC(=O)O. The van der Waals surface area contributed by atoms with Crippen LogP contribution in [0.3, 0.4) is 0 Å². The Bertz CT molecular complexity index is 1900. The Hall–Kier alpha value is -6.09. The number of nitrogens with zero attached hydrogens (tertiary/aromatic N) is 2. The number of nitro benzene ring substituents is 1. The summed E-state index contributed by atoms with van der Waals surface area (Å²) in [6.07, 6.45) is -3.44. The maximum Gasteiger partial charge on any atom is 0.511 e. The monoisotopic (exact) mass is 674 g/mol. The van der Waals surface area contributed by atoms with Crippen LogP contribution in [-0.4, -0.2) is 49.5 Å². The molecule has 1 aliphatic carbocycles. The summed E-state index contributed by atoms with van der Waals surface area (Å²) in [5, 5.41) is 38.9. The molecule has 0 heterocycles. The maximum atomic E-state index is 14.5. The highest BCUT2D eigenvalue weighted by Crippen LogP contribution is 2.41. The Balaban J connectivity index is 1.57. The Morgan fingerprint density at radius 1 is 0.792 bits per heavy atom. The lowest BCUT2D eigenvalue weighted by Gasteiger charge is -2.36. The van der Waals surface area contributed by atoms with E-state index in [0.717, 1.165) is 45.9 Å². The second-order valence-electron chi connectivity index (χ2n) is 10.4. The number of carboxylic acid groups (broad SMARTS) is 3. The van der Waals surface area contributed by atoms with Crippen LogP contribution >= 0.6 is 11.8 Å². The van der Waals surface area contributed by atoms with E-state index in [1.807, 2.05) is 36.4 Å². The van der Waals surface area contributed by atoms with Gasteiger partial charge in [-0.1, -0.05) is 48.2 Å². The van der Waals surface area contributed by atoms with Crippen molar-refractivity contribution in [3.8, 4) is 17.2 Å². The van der Waals surface area contributed by atoms with Gasteiger partial charge < -0.3 is 34.4 Å². The van der Waals surface area contributed by atoms with Crippen molar-refractivity contribution in [1.29, 1.82) is 0 Å². The van der Waals surface area contributed by atoms with Crippen molar-refractivity contribution in [3.63, 3.8) is 0 Å².